The molecule has 1 aromatic carbocycles. The van der Waals surface area contributed by atoms with Crippen LogP contribution >= 0.6 is 0 Å². The van der Waals surface area contributed by atoms with Crippen LogP contribution in [-0.4, -0.2) is 25.5 Å². The van der Waals surface area contributed by atoms with Crippen LogP contribution in [-0.2, 0) is 4.79 Å². The van der Waals surface area contributed by atoms with Crippen LogP contribution in [0.5, 0.6) is 0 Å². The van der Waals surface area contributed by atoms with E-state index in [1.165, 1.54) is 6.92 Å². The molecule has 0 aliphatic heterocycles. The van der Waals surface area contributed by atoms with Crippen molar-refractivity contribution in [2.45, 2.75) is 6.92 Å². The molecule has 3 aromatic heterocycles. The molecule has 0 fully saturated rings. The predicted octanol–water partition coefficient (Wildman–Crippen LogP) is 2.50. The molecule has 0 saturated carbocycles. The average molecular weight is 293 g/mol. The van der Waals surface area contributed by atoms with E-state index in [1.807, 2.05) is 24.3 Å². The Morgan fingerprint density at radius 2 is 2.05 bits per heavy atom. The van der Waals surface area contributed by atoms with Crippen molar-refractivity contribution in [2.24, 2.45) is 0 Å². The average Bonchev–Trinajstić information content (AvgIpc) is 3.16. The van der Waals surface area contributed by atoms with E-state index in [-0.39, 0.29) is 5.91 Å². The molecular weight excluding hydrogens is 282 g/mol. The van der Waals surface area contributed by atoms with E-state index in [9.17, 15) is 4.79 Å². The topological polar surface area (TPSA) is 85.3 Å². The van der Waals surface area contributed by atoms with Gasteiger partial charge in [-0.25, -0.2) is 14.5 Å². The maximum Gasteiger partial charge on any atom is 0.222 e. The third kappa shape index (κ3) is 1.91. The number of para-hydroxylation sites is 2. The first-order valence-corrected chi connectivity index (χ1v) is 6.69. The van der Waals surface area contributed by atoms with Gasteiger partial charge in [0.25, 0.3) is 0 Å². The zero-order valence-corrected chi connectivity index (χ0v) is 11.6. The minimum absolute atomic E-state index is 0.216. The van der Waals surface area contributed by atoms with Crippen LogP contribution < -0.4 is 5.32 Å². The molecule has 108 valence electrons. The second-order valence-electron chi connectivity index (χ2n) is 4.78. The summed E-state index contributed by atoms with van der Waals surface area (Å²) in [6, 6.07) is 11.1. The van der Waals surface area contributed by atoms with Gasteiger partial charge in [-0.1, -0.05) is 12.1 Å². The van der Waals surface area contributed by atoms with E-state index >= 15 is 0 Å². The van der Waals surface area contributed by atoms with Crippen molar-refractivity contribution in [3.63, 3.8) is 0 Å². The zero-order chi connectivity index (χ0) is 15.1. The van der Waals surface area contributed by atoms with E-state index in [1.54, 1.807) is 22.9 Å². The van der Waals surface area contributed by atoms with Crippen molar-refractivity contribution in [1.29, 1.82) is 0 Å². The molecule has 0 aliphatic carbocycles. The van der Waals surface area contributed by atoms with Gasteiger partial charge in [0.2, 0.25) is 11.7 Å². The predicted molar refractivity (Wildman–Crippen MR) is 80.3 cm³/mol. The van der Waals surface area contributed by atoms with Crippen LogP contribution in [0.25, 0.3) is 28.3 Å². The molecule has 0 aliphatic rings. The van der Waals surface area contributed by atoms with Crippen LogP contribution in [0.2, 0.25) is 0 Å². The number of hydrogen-bond donors (Lipinski definition) is 1. The largest absolute Gasteiger partial charge is 0.461 e. The molecule has 0 bridgehead atoms. The summed E-state index contributed by atoms with van der Waals surface area (Å²) in [6.45, 7) is 1.43. The second kappa shape index (κ2) is 4.66. The van der Waals surface area contributed by atoms with Gasteiger partial charge in [-0.05, 0) is 24.3 Å². The fraction of sp³-hybridized carbons (Fsp3) is 0.0667. The minimum atomic E-state index is -0.216. The third-order valence-corrected chi connectivity index (χ3v) is 3.20. The number of furan rings is 1. The van der Waals surface area contributed by atoms with Crippen molar-refractivity contribution < 1.29 is 9.21 Å². The number of aromatic nitrogens is 4. The lowest BCUT2D eigenvalue weighted by atomic mass is 10.3. The van der Waals surface area contributed by atoms with Crippen molar-refractivity contribution >= 4 is 28.4 Å². The molecule has 0 spiro atoms. The van der Waals surface area contributed by atoms with Crippen molar-refractivity contribution in [2.75, 3.05) is 5.32 Å². The lowest BCUT2D eigenvalue weighted by molar-refractivity contribution is -0.114. The van der Waals surface area contributed by atoms with Crippen molar-refractivity contribution in [3.05, 3.63) is 42.7 Å². The summed E-state index contributed by atoms with van der Waals surface area (Å²) >= 11 is 0. The molecule has 0 atom stereocenters. The summed E-state index contributed by atoms with van der Waals surface area (Å²) in [4.78, 5) is 20.3. The highest BCUT2D eigenvalue weighted by atomic mass is 16.3. The molecule has 7 heteroatoms. The van der Waals surface area contributed by atoms with E-state index in [0.29, 0.717) is 23.0 Å². The van der Waals surface area contributed by atoms with Gasteiger partial charge < -0.3 is 9.73 Å². The SMILES string of the molecule is CC(=O)Nc1nc2ccccc2n2nc(-c3ccco3)nc12. The third-order valence-electron chi connectivity index (χ3n) is 3.20. The van der Waals surface area contributed by atoms with Gasteiger partial charge in [0.1, 0.15) is 0 Å². The smallest absolute Gasteiger partial charge is 0.222 e. The molecule has 4 rings (SSSR count). The first-order chi connectivity index (χ1) is 10.7. The molecule has 1 amide bonds. The fourth-order valence-electron chi connectivity index (χ4n) is 2.30. The quantitative estimate of drug-likeness (QED) is 0.613. The Kier molecular flexibility index (Phi) is 2.65. The standard InChI is InChI=1S/C15H11N5O2/c1-9(21)16-14-15-18-13(12-7-4-8-22-12)19-20(15)11-6-3-2-5-10(11)17-14/h2-8H,1H3,(H,16,17,21). The van der Waals surface area contributed by atoms with Crippen molar-refractivity contribution in [3.8, 4) is 11.6 Å². The Morgan fingerprint density at radius 1 is 1.18 bits per heavy atom. The number of amides is 1. The normalized spacial score (nSPS) is 11.1. The zero-order valence-electron chi connectivity index (χ0n) is 11.6. The molecule has 4 aromatic rings. The maximum absolute atomic E-state index is 11.4. The monoisotopic (exact) mass is 293 g/mol. The lowest BCUT2D eigenvalue weighted by Gasteiger charge is -2.05. The molecule has 0 unspecified atom stereocenters. The number of rotatable bonds is 2. The number of fused-ring (bicyclic) bond motifs is 3. The van der Waals surface area contributed by atoms with E-state index < -0.39 is 0 Å². The van der Waals surface area contributed by atoms with E-state index in [0.717, 1.165) is 11.0 Å². The Labute approximate surface area is 124 Å². The van der Waals surface area contributed by atoms with Gasteiger partial charge in [0.05, 0.1) is 17.3 Å². The molecule has 1 N–H and O–H groups in total. The second-order valence-corrected chi connectivity index (χ2v) is 4.78. The summed E-state index contributed by atoms with van der Waals surface area (Å²) in [5.41, 5.74) is 1.99. The highest BCUT2D eigenvalue weighted by molar-refractivity contribution is 5.94. The molecule has 0 saturated heterocycles. The number of benzene rings is 1. The number of nitrogens with one attached hydrogen (secondary N) is 1. The van der Waals surface area contributed by atoms with Gasteiger partial charge in [-0.3, -0.25) is 4.79 Å². The Balaban J connectivity index is 2.06. The molecule has 0 radical (unpaired) electrons. The summed E-state index contributed by atoms with van der Waals surface area (Å²) in [5.74, 6) is 1.15. The molecule has 3 heterocycles. The number of anilines is 1. The number of carbonyl (C=O) groups excluding carboxylic acids is 1. The lowest BCUT2D eigenvalue weighted by Crippen LogP contribution is -2.10. The van der Waals surface area contributed by atoms with Gasteiger partial charge in [0, 0.05) is 6.92 Å². The van der Waals surface area contributed by atoms with Crippen LogP contribution in [0.15, 0.2) is 47.1 Å². The molecule has 22 heavy (non-hydrogen) atoms. The summed E-state index contributed by atoms with van der Waals surface area (Å²) in [6.07, 6.45) is 1.56. The van der Waals surface area contributed by atoms with Crippen LogP contribution in [0.3, 0.4) is 0 Å². The number of nitrogens with zero attached hydrogens (tertiary/aromatic N) is 4. The first-order valence-electron chi connectivity index (χ1n) is 6.69. The Hall–Kier alpha value is -3.22. The summed E-state index contributed by atoms with van der Waals surface area (Å²) < 4.78 is 6.99. The Morgan fingerprint density at radius 3 is 2.82 bits per heavy atom. The van der Waals surface area contributed by atoms with Gasteiger partial charge in [-0.15, -0.1) is 5.10 Å². The number of carbonyl (C=O) groups is 1. The van der Waals surface area contributed by atoms with Crippen LogP contribution in [0.1, 0.15) is 6.92 Å². The molecule has 7 nitrogen and oxygen atoms in total. The summed E-state index contributed by atoms with van der Waals surface area (Å²) in [7, 11) is 0. The summed E-state index contributed by atoms with van der Waals surface area (Å²) in [5, 5.41) is 7.17. The van der Waals surface area contributed by atoms with Gasteiger partial charge in [-0.2, -0.15) is 0 Å². The van der Waals surface area contributed by atoms with E-state index in [4.69, 9.17) is 4.42 Å². The minimum Gasteiger partial charge on any atom is -0.461 e. The molecular formula is C15H11N5O2. The Bertz CT molecular complexity index is 988. The first kappa shape index (κ1) is 12.5. The highest BCUT2D eigenvalue weighted by Gasteiger charge is 2.16. The van der Waals surface area contributed by atoms with Crippen LogP contribution in [0.4, 0.5) is 5.82 Å². The number of hydrogen-bond acceptors (Lipinski definition) is 5. The van der Waals surface area contributed by atoms with E-state index in [2.05, 4.69) is 20.4 Å². The van der Waals surface area contributed by atoms with Gasteiger partial charge >= 0.3 is 0 Å². The van der Waals surface area contributed by atoms with Crippen LogP contribution in [0, 0.1) is 0 Å². The van der Waals surface area contributed by atoms with Gasteiger partial charge in [0.15, 0.2) is 17.2 Å². The highest BCUT2D eigenvalue weighted by Crippen LogP contribution is 2.24. The van der Waals surface area contributed by atoms with Crippen molar-refractivity contribution in [1.82, 2.24) is 19.6 Å². The fourth-order valence-corrected chi connectivity index (χ4v) is 2.30. The maximum atomic E-state index is 11.4.